The number of sulfonamides is 1. The maximum absolute atomic E-state index is 11.9. The Kier molecular flexibility index (Phi) is 4.42. The molecule has 5 nitrogen and oxygen atoms in total. The Labute approximate surface area is 109 Å². The van der Waals surface area contributed by atoms with Gasteiger partial charge in [-0.15, -0.1) is 0 Å². The summed E-state index contributed by atoms with van der Waals surface area (Å²) in [4.78, 5) is 0. The molecule has 2 N–H and O–H groups in total. The van der Waals surface area contributed by atoms with Gasteiger partial charge in [0.1, 0.15) is 0 Å². The number of hydrogen-bond donors (Lipinski definition) is 2. The quantitative estimate of drug-likeness (QED) is 0.866. The van der Waals surface area contributed by atoms with Crippen molar-refractivity contribution in [2.75, 3.05) is 10.5 Å². The monoisotopic (exact) mass is 273 g/mol. The van der Waals surface area contributed by atoms with Crippen molar-refractivity contribution in [2.45, 2.75) is 47.0 Å². The van der Waals surface area contributed by atoms with Crippen LogP contribution in [0.15, 0.2) is 6.07 Å². The number of anilines is 1. The van der Waals surface area contributed by atoms with Gasteiger partial charge in [-0.25, -0.2) is 8.42 Å². The highest BCUT2D eigenvalue weighted by molar-refractivity contribution is 7.92. The third kappa shape index (κ3) is 5.08. The Balaban J connectivity index is 2.65. The summed E-state index contributed by atoms with van der Waals surface area (Å²) in [5, 5.41) is 6.77. The number of nitrogens with zero attached hydrogens (tertiary/aromatic N) is 1. The number of aromatic amines is 1. The zero-order valence-corrected chi connectivity index (χ0v) is 12.6. The summed E-state index contributed by atoms with van der Waals surface area (Å²) >= 11 is 0. The van der Waals surface area contributed by atoms with E-state index in [0.717, 1.165) is 5.69 Å². The van der Waals surface area contributed by atoms with Gasteiger partial charge in [-0.05, 0) is 17.8 Å². The molecule has 0 aliphatic rings. The topological polar surface area (TPSA) is 74.8 Å². The second-order valence-electron chi connectivity index (χ2n) is 6.09. The Morgan fingerprint density at radius 1 is 1.39 bits per heavy atom. The van der Waals surface area contributed by atoms with Crippen molar-refractivity contribution in [1.29, 1.82) is 0 Å². The van der Waals surface area contributed by atoms with E-state index in [1.807, 2.05) is 34.6 Å². The van der Waals surface area contributed by atoms with E-state index in [2.05, 4.69) is 14.9 Å². The van der Waals surface area contributed by atoms with Crippen LogP contribution in [-0.2, 0) is 10.0 Å². The lowest BCUT2D eigenvalue weighted by molar-refractivity contribution is 0.397. The first-order valence-electron chi connectivity index (χ1n) is 6.15. The molecule has 18 heavy (non-hydrogen) atoms. The van der Waals surface area contributed by atoms with Gasteiger partial charge in [-0.3, -0.25) is 9.82 Å². The fraction of sp³-hybridized carbons (Fsp3) is 0.750. The lowest BCUT2D eigenvalue weighted by atomic mass is 9.94. The molecular formula is C12H23N3O2S. The summed E-state index contributed by atoms with van der Waals surface area (Å²) in [5.74, 6) is 0.776. The zero-order chi connectivity index (χ0) is 14.0. The molecule has 0 amide bonds. The Bertz CT molecular complexity index is 484. The predicted octanol–water partition coefficient (Wildman–Crippen LogP) is 2.71. The Morgan fingerprint density at radius 2 is 2.00 bits per heavy atom. The average molecular weight is 273 g/mol. The molecule has 0 unspecified atom stereocenters. The van der Waals surface area contributed by atoms with Crippen molar-refractivity contribution in [3.63, 3.8) is 0 Å². The van der Waals surface area contributed by atoms with Crippen LogP contribution in [0.25, 0.3) is 0 Å². The van der Waals surface area contributed by atoms with Gasteiger partial charge in [0, 0.05) is 11.8 Å². The van der Waals surface area contributed by atoms with Gasteiger partial charge in [0.25, 0.3) is 0 Å². The summed E-state index contributed by atoms with van der Waals surface area (Å²) < 4.78 is 26.2. The first kappa shape index (κ1) is 15.0. The molecule has 1 aromatic heterocycles. The molecule has 1 aromatic rings. The van der Waals surface area contributed by atoms with E-state index in [1.165, 1.54) is 0 Å². The molecule has 0 spiro atoms. The third-order valence-corrected chi connectivity index (χ3v) is 3.86. The highest BCUT2D eigenvalue weighted by atomic mass is 32.2. The highest BCUT2D eigenvalue weighted by Crippen LogP contribution is 2.20. The Hall–Kier alpha value is -1.04. The maximum Gasteiger partial charge on any atom is 0.233 e. The van der Waals surface area contributed by atoms with E-state index in [0.29, 0.717) is 18.2 Å². The number of hydrogen-bond acceptors (Lipinski definition) is 3. The normalized spacial score (nSPS) is 13.0. The smallest absolute Gasteiger partial charge is 0.233 e. The number of H-pyrrole nitrogens is 1. The molecule has 0 saturated carbocycles. The SMILES string of the molecule is CC(C)c1cc(NS(=O)(=O)CCC(C)(C)C)n[nH]1. The molecule has 0 bridgehead atoms. The lowest BCUT2D eigenvalue weighted by Gasteiger charge is -2.17. The van der Waals surface area contributed by atoms with E-state index in [4.69, 9.17) is 0 Å². The van der Waals surface area contributed by atoms with Crippen LogP contribution in [0.3, 0.4) is 0 Å². The molecule has 1 heterocycles. The fourth-order valence-electron chi connectivity index (χ4n) is 1.34. The third-order valence-electron chi connectivity index (χ3n) is 2.60. The molecule has 1 rings (SSSR count). The van der Waals surface area contributed by atoms with Gasteiger partial charge in [0.2, 0.25) is 10.0 Å². The van der Waals surface area contributed by atoms with Crippen LogP contribution in [0, 0.1) is 5.41 Å². The van der Waals surface area contributed by atoms with Crippen LogP contribution >= 0.6 is 0 Å². The maximum atomic E-state index is 11.9. The average Bonchev–Trinajstić information content (AvgIpc) is 2.62. The van der Waals surface area contributed by atoms with Gasteiger partial charge in [-0.1, -0.05) is 34.6 Å². The minimum Gasteiger partial charge on any atom is -0.280 e. The first-order chi connectivity index (χ1) is 8.09. The summed E-state index contributed by atoms with van der Waals surface area (Å²) in [6, 6.07) is 1.74. The highest BCUT2D eigenvalue weighted by Gasteiger charge is 2.18. The number of aromatic nitrogens is 2. The molecule has 6 heteroatoms. The second kappa shape index (κ2) is 5.30. The standard InChI is InChI=1S/C12H23N3O2S/c1-9(2)10-8-11(14-13-10)15-18(16,17)7-6-12(3,4)5/h8-9H,6-7H2,1-5H3,(H2,13,14,15). The molecule has 0 aromatic carbocycles. The molecule has 0 radical (unpaired) electrons. The predicted molar refractivity (Wildman–Crippen MR) is 74.2 cm³/mol. The van der Waals surface area contributed by atoms with Crippen LogP contribution in [0.1, 0.15) is 52.7 Å². The number of rotatable bonds is 5. The minimum atomic E-state index is -3.31. The fourth-order valence-corrected chi connectivity index (χ4v) is 2.74. The van der Waals surface area contributed by atoms with Crippen molar-refractivity contribution in [3.05, 3.63) is 11.8 Å². The summed E-state index contributed by atoms with van der Waals surface area (Å²) in [6.45, 7) is 10.1. The van der Waals surface area contributed by atoms with E-state index in [-0.39, 0.29) is 11.2 Å². The van der Waals surface area contributed by atoms with E-state index in [9.17, 15) is 8.42 Å². The zero-order valence-electron chi connectivity index (χ0n) is 11.7. The molecule has 0 aliphatic heterocycles. The summed E-state index contributed by atoms with van der Waals surface area (Å²) in [5.41, 5.74) is 0.923. The van der Waals surface area contributed by atoms with Crippen LogP contribution in [0.5, 0.6) is 0 Å². The van der Waals surface area contributed by atoms with Crippen molar-refractivity contribution in [2.24, 2.45) is 5.41 Å². The molecule has 0 fully saturated rings. The number of nitrogens with one attached hydrogen (secondary N) is 2. The molecule has 0 aliphatic carbocycles. The summed E-state index contributed by atoms with van der Waals surface area (Å²) in [7, 11) is -3.31. The summed E-state index contributed by atoms with van der Waals surface area (Å²) in [6.07, 6.45) is 0.615. The molecule has 0 saturated heterocycles. The van der Waals surface area contributed by atoms with Crippen molar-refractivity contribution in [1.82, 2.24) is 10.2 Å². The van der Waals surface area contributed by atoms with Crippen molar-refractivity contribution in [3.8, 4) is 0 Å². The lowest BCUT2D eigenvalue weighted by Crippen LogP contribution is -2.21. The van der Waals surface area contributed by atoms with Gasteiger partial charge in [-0.2, -0.15) is 5.10 Å². The van der Waals surface area contributed by atoms with E-state index in [1.54, 1.807) is 6.07 Å². The van der Waals surface area contributed by atoms with Crippen LogP contribution in [-0.4, -0.2) is 24.4 Å². The minimum absolute atomic E-state index is 0.00339. The Morgan fingerprint density at radius 3 is 2.44 bits per heavy atom. The largest absolute Gasteiger partial charge is 0.280 e. The first-order valence-corrected chi connectivity index (χ1v) is 7.80. The van der Waals surface area contributed by atoms with E-state index < -0.39 is 10.0 Å². The second-order valence-corrected chi connectivity index (χ2v) is 7.94. The van der Waals surface area contributed by atoms with Crippen LogP contribution < -0.4 is 4.72 Å². The van der Waals surface area contributed by atoms with Gasteiger partial charge in [0.05, 0.1) is 5.75 Å². The molecular weight excluding hydrogens is 250 g/mol. The van der Waals surface area contributed by atoms with Gasteiger partial charge < -0.3 is 0 Å². The molecule has 0 atom stereocenters. The molecule has 104 valence electrons. The van der Waals surface area contributed by atoms with Gasteiger partial charge in [0.15, 0.2) is 5.82 Å². The van der Waals surface area contributed by atoms with E-state index >= 15 is 0 Å². The van der Waals surface area contributed by atoms with Crippen molar-refractivity contribution < 1.29 is 8.42 Å². The van der Waals surface area contributed by atoms with Crippen molar-refractivity contribution >= 4 is 15.8 Å². The van der Waals surface area contributed by atoms with Crippen LogP contribution in [0.4, 0.5) is 5.82 Å². The van der Waals surface area contributed by atoms with Crippen LogP contribution in [0.2, 0.25) is 0 Å². The van der Waals surface area contributed by atoms with Gasteiger partial charge >= 0.3 is 0 Å².